The molecule has 0 radical (unpaired) electrons. The van der Waals surface area contributed by atoms with E-state index in [2.05, 4.69) is 11.9 Å². The van der Waals surface area contributed by atoms with Crippen LogP contribution < -0.4 is 5.73 Å². The van der Waals surface area contributed by atoms with Crippen LogP contribution in [0.2, 0.25) is 0 Å². The quantitative estimate of drug-likeness (QED) is 0.748. The van der Waals surface area contributed by atoms with Gasteiger partial charge in [-0.05, 0) is 38.6 Å². The average Bonchev–Trinajstić information content (AvgIpc) is 2.14. The average molecular weight is 196 g/mol. The van der Waals surface area contributed by atoms with Crippen molar-refractivity contribution in [2.75, 3.05) is 13.6 Å². The Hall–Kier alpha value is -0.0800. The molecule has 0 aromatic heterocycles. The van der Waals surface area contributed by atoms with Crippen LogP contribution in [0.25, 0.3) is 0 Å². The second kappa shape index (κ2) is 4.63. The summed E-state index contributed by atoms with van der Waals surface area (Å²) in [5, 5.41) is 0. The van der Waals surface area contributed by atoms with Gasteiger partial charge in [0.15, 0.2) is 0 Å². The highest BCUT2D eigenvalue weighted by atomic mass is 15.1. The van der Waals surface area contributed by atoms with Crippen molar-refractivity contribution in [3.63, 3.8) is 0 Å². The highest BCUT2D eigenvalue weighted by molar-refractivity contribution is 4.89. The first-order valence-corrected chi connectivity index (χ1v) is 6.21. The van der Waals surface area contributed by atoms with E-state index >= 15 is 0 Å². The molecule has 2 saturated carbocycles. The van der Waals surface area contributed by atoms with Gasteiger partial charge in [0, 0.05) is 18.6 Å². The van der Waals surface area contributed by atoms with E-state index in [9.17, 15) is 0 Å². The molecule has 0 unspecified atom stereocenters. The molecule has 0 aliphatic heterocycles. The van der Waals surface area contributed by atoms with Crippen molar-refractivity contribution < 1.29 is 0 Å². The predicted molar refractivity (Wildman–Crippen MR) is 60.2 cm³/mol. The molecule has 0 aromatic carbocycles. The molecule has 0 spiro atoms. The molecule has 2 fully saturated rings. The van der Waals surface area contributed by atoms with Gasteiger partial charge in [0.2, 0.25) is 0 Å². The zero-order valence-corrected chi connectivity index (χ0v) is 9.41. The summed E-state index contributed by atoms with van der Waals surface area (Å²) in [5.41, 5.74) is 5.81. The number of hydrogen-bond acceptors (Lipinski definition) is 2. The Kier molecular flexibility index (Phi) is 3.45. The number of hydrogen-bond donors (Lipinski definition) is 1. The second-order valence-corrected chi connectivity index (χ2v) is 5.33. The van der Waals surface area contributed by atoms with Gasteiger partial charge >= 0.3 is 0 Å². The first-order chi connectivity index (χ1) is 6.75. The lowest BCUT2D eigenvalue weighted by molar-refractivity contribution is 0.111. The fraction of sp³-hybridized carbons (Fsp3) is 1.00. The van der Waals surface area contributed by atoms with Crippen LogP contribution >= 0.6 is 0 Å². The fourth-order valence-corrected chi connectivity index (χ4v) is 2.92. The van der Waals surface area contributed by atoms with Gasteiger partial charge in [-0.1, -0.05) is 19.3 Å². The van der Waals surface area contributed by atoms with Gasteiger partial charge in [-0.15, -0.1) is 0 Å². The van der Waals surface area contributed by atoms with E-state index in [4.69, 9.17) is 5.73 Å². The molecule has 0 aromatic rings. The minimum Gasteiger partial charge on any atom is -0.328 e. The minimum atomic E-state index is 0.494. The van der Waals surface area contributed by atoms with Gasteiger partial charge in [0.25, 0.3) is 0 Å². The Balaban J connectivity index is 1.68. The van der Waals surface area contributed by atoms with Crippen molar-refractivity contribution in [1.82, 2.24) is 4.90 Å². The van der Waals surface area contributed by atoms with Crippen molar-refractivity contribution in [2.24, 2.45) is 11.7 Å². The van der Waals surface area contributed by atoms with Gasteiger partial charge in [0.05, 0.1) is 0 Å². The van der Waals surface area contributed by atoms with Crippen molar-refractivity contribution in [3.05, 3.63) is 0 Å². The maximum atomic E-state index is 5.81. The summed E-state index contributed by atoms with van der Waals surface area (Å²) >= 11 is 0. The summed E-state index contributed by atoms with van der Waals surface area (Å²) in [4.78, 5) is 2.55. The molecule has 0 atom stereocenters. The monoisotopic (exact) mass is 196 g/mol. The van der Waals surface area contributed by atoms with Crippen LogP contribution in [0.4, 0.5) is 0 Å². The van der Waals surface area contributed by atoms with Crippen LogP contribution in [-0.2, 0) is 0 Å². The second-order valence-electron chi connectivity index (χ2n) is 5.33. The molecule has 82 valence electrons. The molecule has 0 saturated heterocycles. The van der Waals surface area contributed by atoms with Crippen molar-refractivity contribution in [2.45, 2.75) is 57.0 Å². The van der Waals surface area contributed by atoms with Gasteiger partial charge in [-0.3, -0.25) is 0 Å². The summed E-state index contributed by atoms with van der Waals surface area (Å²) in [6, 6.07) is 1.29. The molecule has 0 amide bonds. The summed E-state index contributed by atoms with van der Waals surface area (Å²) in [6.45, 7) is 1.32. The predicted octanol–water partition coefficient (Wildman–Crippen LogP) is 1.99. The number of rotatable bonds is 3. The Morgan fingerprint density at radius 3 is 2.36 bits per heavy atom. The topological polar surface area (TPSA) is 29.3 Å². The van der Waals surface area contributed by atoms with E-state index in [1.807, 2.05) is 0 Å². The van der Waals surface area contributed by atoms with E-state index in [1.54, 1.807) is 0 Å². The first kappa shape index (κ1) is 10.4. The Labute approximate surface area is 87.8 Å². The van der Waals surface area contributed by atoms with Crippen LogP contribution in [0.3, 0.4) is 0 Å². The molecular weight excluding hydrogens is 172 g/mol. The van der Waals surface area contributed by atoms with E-state index in [0.717, 1.165) is 12.0 Å². The van der Waals surface area contributed by atoms with Crippen LogP contribution in [-0.4, -0.2) is 30.6 Å². The molecule has 2 aliphatic rings. The van der Waals surface area contributed by atoms with E-state index < -0.39 is 0 Å². The van der Waals surface area contributed by atoms with Gasteiger partial charge in [0.1, 0.15) is 0 Å². The summed E-state index contributed by atoms with van der Waals surface area (Å²) < 4.78 is 0. The summed E-state index contributed by atoms with van der Waals surface area (Å²) in [5.74, 6) is 0.977. The van der Waals surface area contributed by atoms with E-state index in [1.165, 1.54) is 51.5 Å². The fourth-order valence-electron chi connectivity index (χ4n) is 2.92. The molecule has 2 aliphatic carbocycles. The molecule has 14 heavy (non-hydrogen) atoms. The van der Waals surface area contributed by atoms with Gasteiger partial charge in [-0.2, -0.15) is 0 Å². The smallest absolute Gasteiger partial charge is 0.0122 e. The molecule has 0 heterocycles. The molecule has 2 heteroatoms. The Bertz CT molecular complexity index is 169. The Morgan fingerprint density at radius 2 is 1.79 bits per heavy atom. The lowest BCUT2D eigenvalue weighted by Crippen LogP contribution is -2.50. The van der Waals surface area contributed by atoms with Gasteiger partial charge in [-0.25, -0.2) is 0 Å². The standard InChI is InChI=1S/C12H24N2/c1-14(12-7-11(13)8-12)9-10-5-3-2-4-6-10/h10-12H,2-9,13H2,1H3. The normalized spacial score (nSPS) is 34.5. The zero-order chi connectivity index (χ0) is 9.97. The zero-order valence-electron chi connectivity index (χ0n) is 9.41. The molecule has 0 bridgehead atoms. The first-order valence-electron chi connectivity index (χ1n) is 6.21. The SMILES string of the molecule is CN(CC1CCCCC1)C1CC(N)C1. The van der Waals surface area contributed by atoms with E-state index in [-0.39, 0.29) is 0 Å². The third-order valence-corrected chi connectivity index (χ3v) is 4.04. The largest absolute Gasteiger partial charge is 0.328 e. The van der Waals surface area contributed by atoms with Crippen molar-refractivity contribution in [1.29, 1.82) is 0 Å². The highest BCUT2D eigenvalue weighted by Gasteiger charge is 2.30. The van der Waals surface area contributed by atoms with Crippen molar-refractivity contribution >= 4 is 0 Å². The van der Waals surface area contributed by atoms with Crippen LogP contribution in [0, 0.1) is 5.92 Å². The maximum absolute atomic E-state index is 5.81. The molecular formula is C12H24N2. The van der Waals surface area contributed by atoms with Gasteiger partial charge < -0.3 is 10.6 Å². The van der Waals surface area contributed by atoms with E-state index in [0.29, 0.717) is 6.04 Å². The number of nitrogens with two attached hydrogens (primary N) is 1. The summed E-state index contributed by atoms with van der Waals surface area (Å²) in [6.07, 6.45) is 9.76. The maximum Gasteiger partial charge on any atom is 0.0122 e. The summed E-state index contributed by atoms with van der Waals surface area (Å²) in [7, 11) is 2.28. The lowest BCUT2D eigenvalue weighted by atomic mass is 9.84. The minimum absolute atomic E-state index is 0.494. The lowest BCUT2D eigenvalue weighted by Gasteiger charge is -2.41. The highest BCUT2D eigenvalue weighted by Crippen LogP contribution is 2.28. The van der Waals surface area contributed by atoms with Crippen LogP contribution in [0.15, 0.2) is 0 Å². The third kappa shape index (κ3) is 2.48. The van der Waals surface area contributed by atoms with Crippen LogP contribution in [0.1, 0.15) is 44.9 Å². The van der Waals surface area contributed by atoms with Crippen molar-refractivity contribution in [3.8, 4) is 0 Å². The number of nitrogens with zero attached hydrogens (tertiary/aromatic N) is 1. The molecule has 2 rings (SSSR count). The molecule has 2 N–H and O–H groups in total. The third-order valence-electron chi connectivity index (χ3n) is 4.04. The van der Waals surface area contributed by atoms with Crippen LogP contribution in [0.5, 0.6) is 0 Å². The Morgan fingerprint density at radius 1 is 1.14 bits per heavy atom. The molecule has 2 nitrogen and oxygen atoms in total.